The van der Waals surface area contributed by atoms with Crippen molar-refractivity contribution in [3.05, 3.63) is 23.3 Å². The van der Waals surface area contributed by atoms with Gasteiger partial charge in [-0.2, -0.15) is 0 Å². The van der Waals surface area contributed by atoms with Crippen molar-refractivity contribution in [1.82, 2.24) is 0 Å². The molecule has 2 nitrogen and oxygen atoms in total. The maximum absolute atomic E-state index is 11.5. The van der Waals surface area contributed by atoms with E-state index in [0.717, 1.165) is 42.4 Å². The van der Waals surface area contributed by atoms with Crippen molar-refractivity contribution in [2.24, 2.45) is 46.8 Å². The summed E-state index contributed by atoms with van der Waals surface area (Å²) in [5, 5.41) is 0. The molecule has 0 saturated heterocycles. The summed E-state index contributed by atoms with van der Waals surface area (Å²) in [5.74, 6) is 5.43. The summed E-state index contributed by atoms with van der Waals surface area (Å²) < 4.78 is 5.63. The van der Waals surface area contributed by atoms with Crippen LogP contribution in [0.15, 0.2) is 23.3 Å². The minimum atomic E-state index is -0.103. The van der Waals surface area contributed by atoms with Gasteiger partial charge in [0.05, 0.1) is 0 Å². The molecular weight excluding hydrogens is 392 g/mol. The minimum absolute atomic E-state index is 0.103. The highest BCUT2D eigenvalue weighted by Crippen LogP contribution is 2.61. The summed E-state index contributed by atoms with van der Waals surface area (Å²) in [5.41, 5.74) is 4.11. The number of carbonyl (C=O) groups is 1. The van der Waals surface area contributed by atoms with Gasteiger partial charge in [-0.25, -0.2) is 0 Å². The third kappa shape index (κ3) is 4.49. The molecule has 180 valence electrons. The highest BCUT2D eigenvalue weighted by molar-refractivity contribution is 5.66. The van der Waals surface area contributed by atoms with E-state index in [2.05, 4.69) is 46.8 Å². The van der Waals surface area contributed by atoms with E-state index in [1.54, 1.807) is 6.92 Å². The first-order chi connectivity index (χ1) is 15.2. The molecule has 0 amide bonds. The van der Waals surface area contributed by atoms with Crippen molar-refractivity contribution in [2.75, 3.05) is 0 Å². The van der Waals surface area contributed by atoms with Crippen LogP contribution in [0.5, 0.6) is 0 Å². The number of fused-ring (bicyclic) bond motifs is 4. The van der Waals surface area contributed by atoms with Gasteiger partial charge in [0, 0.05) is 6.92 Å². The van der Waals surface area contributed by atoms with Crippen LogP contribution in [0.1, 0.15) is 106 Å². The molecule has 0 bridgehead atoms. The largest absolute Gasteiger partial charge is 0.463 e. The number of hydrogen-bond acceptors (Lipinski definition) is 2. The van der Waals surface area contributed by atoms with Gasteiger partial charge in [0.15, 0.2) is 0 Å². The van der Waals surface area contributed by atoms with Gasteiger partial charge in [0.2, 0.25) is 0 Å². The third-order valence-corrected chi connectivity index (χ3v) is 10.3. The summed E-state index contributed by atoms with van der Waals surface area (Å²) in [6.07, 6.45) is 18.1. The minimum Gasteiger partial charge on any atom is -0.463 e. The lowest BCUT2D eigenvalue weighted by molar-refractivity contribution is -0.150. The number of rotatable bonds is 6. The molecule has 8 atom stereocenters. The number of carbonyl (C=O) groups excluding carboxylic acids is 1. The fraction of sp³-hybridized carbons (Fsp3) is 0.833. The molecule has 2 heteroatoms. The van der Waals surface area contributed by atoms with Gasteiger partial charge in [0.1, 0.15) is 6.10 Å². The Kier molecular flexibility index (Phi) is 7.28. The number of esters is 1. The van der Waals surface area contributed by atoms with E-state index in [-0.39, 0.29) is 12.1 Å². The van der Waals surface area contributed by atoms with Crippen molar-refractivity contribution >= 4 is 5.97 Å². The summed E-state index contributed by atoms with van der Waals surface area (Å²) in [6.45, 7) is 13.7. The van der Waals surface area contributed by atoms with Gasteiger partial charge >= 0.3 is 5.97 Å². The van der Waals surface area contributed by atoms with E-state index in [0.29, 0.717) is 17.3 Å². The zero-order chi connectivity index (χ0) is 23.0. The van der Waals surface area contributed by atoms with Crippen LogP contribution in [0.2, 0.25) is 0 Å². The molecule has 32 heavy (non-hydrogen) atoms. The van der Waals surface area contributed by atoms with E-state index in [1.165, 1.54) is 51.4 Å². The predicted molar refractivity (Wildman–Crippen MR) is 133 cm³/mol. The lowest BCUT2D eigenvalue weighted by atomic mass is 9.53. The van der Waals surface area contributed by atoms with E-state index in [1.807, 2.05) is 11.1 Å². The van der Waals surface area contributed by atoms with Crippen LogP contribution in [0.3, 0.4) is 0 Å². The Morgan fingerprint density at radius 1 is 1.09 bits per heavy atom. The number of allylic oxidation sites excluding steroid dienone is 4. The van der Waals surface area contributed by atoms with Crippen molar-refractivity contribution < 1.29 is 9.53 Å². The molecule has 0 radical (unpaired) electrons. The quantitative estimate of drug-likeness (QED) is 0.308. The van der Waals surface area contributed by atoms with Gasteiger partial charge in [-0.3, -0.25) is 4.79 Å². The topological polar surface area (TPSA) is 26.3 Å². The van der Waals surface area contributed by atoms with Crippen LogP contribution in [-0.4, -0.2) is 12.1 Å². The van der Waals surface area contributed by atoms with Crippen LogP contribution < -0.4 is 0 Å². The van der Waals surface area contributed by atoms with Crippen LogP contribution in [0.25, 0.3) is 0 Å². The van der Waals surface area contributed by atoms with Crippen LogP contribution in [-0.2, 0) is 9.53 Å². The van der Waals surface area contributed by atoms with Crippen molar-refractivity contribution in [3.63, 3.8) is 0 Å². The average molecular weight is 441 g/mol. The maximum Gasteiger partial charge on any atom is 0.302 e. The highest BCUT2D eigenvalue weighted by Gasteiger charge is 2.51. The summed E-state index contributed by atoms with van der Waals surface area (Å²) in [6, 6.07) is 0. The second-order valence-electron chi connectivity index (χ2n) is 12.3. The molecule has 8 unspecified atom stereocenters. The molecule has 4 aliphatic carbocycles. The van der Waals surface area contributed by atoms with E-state index in [9.17, 15) is 4.79 Å². The Labute approximate surface area is 197 Å². The number of hydrogen-bond donors (Lipinski definition) is 0. The number of ether oxygens (including phenoxy) is 1. The molecule has 0 aromatic carbocycles. The normalized spacial score (nSPS) is 38.9. The molecule has 0 heterocycles. The molecule has 4 aliphatic rings. The second kappa shape index (κ2) is 9.67. The molecule has 0 aliphatic heterocycles. The van der Waals surface area contributed by atoms with E-state index >= 15 is 0 Å². The predicted octanol–water partition coefficient (Wildman–Crippen LogP) is 8.13. The van der Waals surface area contributed by atoms with Gasteiger partial charge in [-0.05, 0) is 111 Å². The Balaban J connectivity index is 1.47. The third-order valence-electron chi connectivity index (χ3n) is 10.3. The Morgan fingerprint density at radius 3 is 2.56 bits per heavy atom. The Hall–Kier alpha value is -1.05. The highest BCUT2D eigenvalue weighted by atomic mass is 16.5. The lowest BCUT2D eigenvalue weighted by Crippen LogP contribution is -2.44. The first kappa shape index (κ1) is 24.1. The van der Waals surface area contributed by atoms with Crippen molar-refractivity contribution in [3.8, 4) is 0 Å². The zero-order valence-electron chi connectivity index (χ0n) is 21.7. The average Bonchev–Trinajstić information content (AvgIpc) is 3.18. The van der Waals surface area contributed by atoms with Gasteiger partial charge in [0.25, 0.3) is 0 Å². The van der Waals surface area contributed by atoms with Gasteiger partial charge in [-0.15, -0.1) is 0 Å². The molecular formula is C30H48O2. The monoisotopic (exact) mass is 440 g/mol. The van der Waals surface area contributed by atoms with Crippen LogP contribution in [0.4, 0.5) is 0 Å². The Bertz CT molecular complexity index is 746. The molecule has 0 spiro atoms. The first-order valence-corrected chi connectivity index (χ1v) is 13.8. The molecule has 0 aromatic heterocycles. The SMILES string of the molecule is CCC(C=CC(C)C1CCC2C3=C(CCC21)C1(C)CCC(OC(C)=O)CC1CC3)C(C)C. The molecule has 2 fully saturated rings. The molecule has 0 N–H and O–H groups in total. The standard InChI is InChI=1S/C30H48O2/c1-7-22(19(2)3)9-8-20(4)25-12-13-27-26(25)14-15-29-28(27)11-10-23-18-24(32-21(5)31)16-17-30(23,29)6/h8-9,19-20,22-27H,7,10-18H2,1-6H3. The van der Waals surface area contributed by atoms with Crippen LogP contribution in [0, 0.1) is 46.8 Å². The zero-order valence-corrected chi connectivity index (χ0v) is 21.7. The second-order valence-corrected chi connectivity index (χ2v) is 12.3. The molecule has 0 aromatic rings. The fourth-order valence-electron chi connectivity index (χ4n) is 8.44. The van der Waals surface area contributed by atoms with Crippen LogP contribution >= 0.6 is 0 Å². The first-order valence-electron chi connectivity index (χ1n) is 13.8. The molecule has 2 saturated carbocycles. The van der Waals surface area contributed by atoms with Crippen molar-refractivity contribution in [2.45, 2.75) is 112 Å². The summed E-state index contributed by atoms with van der Waals surface area (Å²) >= 11 is 0. The lowest BCUT2D eigenvalue weighted by Gasteiger charge is -2.53. The van der Waals surface area contributed by atoms with E-state index < -0.39 is 0 Å². The smallest absolute Gasteiger partial charge is 0.302 e. The van der Waals surface area contributed by atoms with Gasteiger partial charge < -0.3 is 4.74 Å². The maximum atomic E-state index is 11.5. The summed E-state index contributed by atoms with van der Waals surface area (Å²) in [7, 11) is 0. The van der Waals surface area contributed by atoms with Crippen molar-refractivity contribution in [1.29, 1.82) is 0 Å². The van der Waals surface area contributed by atoms with Gasteiger partial charge in [-0.1, -0.05) is 57.9 Å². The Morgan fingerprint density at radius 2 is 1.88 bits per heavy atom. The summed E-state index contributed by atoms with van der Waals surface area (Å²) in [4.78, 5) is 11.5. The molecule has 4 rings (SSSR count). The van der Waals surface area contributed by atoms with E-state index in [4.69, 9.17) is 4.74 Å². The fourth-order valence-corrected chi connectivity index (χ4v) is 8.44.